The third kappa shape index (κ3) is 4.87. The molecule has 1 amide bonds. The van der Waals surface area contributed by atoms with E-state index in [1.807, 2.05) is 52.0 Å². The van der Waals surface area contributed by atoms with Gasteiger partial charge in [0.05, 0.1) is 11.5 Å². The van der Waals surface area contributed by atoms with E-state index in [-0.39, 0.29) is 11.3 Å². The first kappa shape index (κ1) is 16.5. The Bertz CT molecular complexity index is 630. The van der Waals surface area contributed by atoms with Crippen LogP contribution in [-0.2, 0) is 16.0 Å². The van der Waals surface area contributed by atoms with Crippen molar-refractivity contribution >= 4 is 23.4 Å². The molecule has 0 spiro atoms. The molecule has 118 valence electrons. The van der Waals surface area contributed by atoms with Gasteiger partial charge in [0.2, 0.25) is 11.8 Å². The van der Waals surface area contributed by atoms with E-state index in [2.05, 4.69) is 15.5 Å². The summed E-state index contributed by atoms with van der Waals surface area (Å²) in [5, 5.41) is 6.82. The molecular weight excluding hydrogens is 298 g/mol. The fourth-order valence-electron chi connectivity index (χ4n) is 1.68. The number of aryl methyl sites for hydroxylation is 1. The molecule has 0 saturated heterocycles. The van der Waals surface area contributed by atoms with Gasteiger partial charge in [-0.1, -0.05) is 43.6 Å². The van der Waals surface area contributed by atoms with Gasteiger partial charge >= 0.3 is 0 Å². The molecule has 0 atom stereocenters. The van der Waals surface area contributed by atoms with E-state index in [0.29, 0.717) is 23.2 Å². The molecule has 1 aromatic carbocycles. The molecule has 22 heavy (non-hydrogen) atoms. The van der Waals surface area contributed by atoms with Crippen molar-refractivity contribution in [2.45, 2.75) is 38.9 Å². The van der Waals surface area contributed by atoms with Crippen LogP contribution in [0.5, 0.6) is 0 Å². The van der Waals surface area contributed by atoms with E-state index in [9.17, 15) is 4.79 Å². The number of benzene rings is 1. The van der Waals surface area contributed by atoms with Crippen LogP contribution < -0.4 is 5.32 Å². The highest BCUT2D eigenvalue weighted by Crippen LogP contribution is 2.20. The number of hydrogen-bond donors (Lipinski definition) is 1. The van der Waals surface area contributed by atoms with E-state index < -0.39 is 0 Å². The summed E-state index contributed by atoms with van der Waals surface area (Å²) in [6, 6.07) is 7.72. The number of carbonyl (C=O) groups excluding carboxylic acids is 1. The van der Waals surface area contributed by atoms with Gasteiger partial charge < -0.3 is 9.84 Å². The fraction of sp³-hybridized carbons (Fsp3) is 0.438. The van der Waals surface area contributed by atoms with Crippen molar-refractivity contribution in [3.05, 3.63) is 41.5 Å². The van der Waals surface area contributed by atoms with Crippen LogP contribution in [0.3, 0.4) is 0 Å². The Kier molecular flexibility index (Phi) is 5.24. The van der Waals surface area contributed by atoms with Crippen molar-refractivity contribution in [1.29, 1.82) is 0 Å². The van der Waals surface area contributed by atoms with Gasteiger partial charge in [-0.05, 0) is 19.1 Å². The molecule has 0 aliphatic heterocycles. The number of thioether (sulfide) groups is 1. The zero-order chi connectivity index (χ0) is 16.2. The Morgan fingerprint density at radius 2 is 1.95 bits per heavy atom. The molecule has 2 aromatic rings. The quantitative estimate of drug-likeness (QED) is 0.913. The maximum absolute atomic E-state index is 11.9. The second-order valence-corrected chi connectivity index (χ2v) is 7.15. The highest BCUT2D eigenvalue weighted by atomic mass is 32.2. The first-order chi connectivity index (χ1) is 10.3. The standard InChI is InChI=1S/C16H21N3O2S/c1-11-5-7-12(8-6-11)17-13(20)9-22-10-14-18-15(19-21-14)16(2,3)4/h5-8H,9-10H2,1-4H3,(H,17,20). The maximum Gasteiger partial charge on any atom is 0.236 e. The molecule has 5 nitrogen and oxygen atoms in total. The van der Waals surface area contributed by atoms with Crippen molar-refractivity contribution in [2.75, 3.05) is 11.1 Å². The van der Waals surface area contributed by atoms with Crippen molar-refractivity contribution in [1.82, 2.24) is 10.1 Å². The van der Waals surface area contributed by atoms with Crippen LogP contribution in [0.15, 0.2) is 28.8 Å². The number of nitrogens with zero attached hydrogens (tertiary/aromatic N) is 2. The minimum atomic E-state index is -0.130. The SMILES string of the molecule is Cc1ccc(NC(=O)CSCc2nc(C(C)(C)C)no2)cc1. The minimum absolute atomic E-state index is 0.0376. The molecule has 0 unspecified atom stereocenters. The van der Waals surface area contributed by atoms with Crippen molar-refractivity contribution in [3.8, 4) is 0 Å². The van der Waals surface area contributed by atoms with Gasteiger partial charge in [0.15, 0.2) is 5.82 Å². The van der Waals surface area contributed by atoms with Crippen LogP contribution in [0, 0.1) is 6.92 Å². The summed E-state index contributed by atoms with van der Waals surface area (Å²) in [7, 11) is 0. The highest BCUT2D eigenvalue weighted by molar-refractivity contribution is 7.99. The van der Waals surface area contributed by atoms with E-state index in [4.69, 9.17) is 4.52 Å². The smallest absolute Gasteiger partial charge is 0.236 e. The van der Waals surface area contributed by atoms with Gasteiger partial charge in [-0.25, -0.2) is 0 Å². The Labute approximate surface area is 134 Å². The largest absolute Gasteiger partial charge is 0.338 e. The van der Waals surface area contributed by atoms with E-state index in [1.165, 1.54) is 17.3 Å². The first-order valence-electron chi connectivity index (χ1n) is 7.12. The van der Waals surface area contributed by atoms with Gasteiger partial charge in [-0.15, -0.1) is 11.8 Å². The zero-order valence-corrected chi connectivity index (χ0v) is 14.2. The number of amides is 1. The zero-order valence-electron chi connectivity index (χ0n) is 13.3. The van der Waals surface area contributed by atoms with Crippen molar-refractivity contribution in [2.24, 2.45) is 0 Å². The minimum Gasteiger partial charge on any atom is -0.338 e. The predicted octanol–water partition coefficient (Wildman–Crippen LogP) is 3.55. The third-order valence-corrected chi connectivity index (χ3v) is 3.85. The van der Waals surface area contributed by atoms with Crippen LogP contribution in [-0.4, -0.2) is 21.8 Å². The molecule has 6 heteroatoms. The van der Waals surface area contributed by atoms with E-state index >= 15 is 0 Å². The molecule has 1 heterocycles. The topological polar surface area (TPSA) is 68.0 Å². The number of nitrogens with one attached hydrogen (secondary N) is 1. The number of aromatic nitrogens is 2. The summed E-state index contributed by atoms with van der Waals surface area (Å²) >= 11 is 1.45. The lowest BCUT2D eigenvalue weighted by Gasteiger charge is -2.10. The van der Waals surface area contributed by atoms with Crippen molar-refractivity contribution < 1.29 is 9.32 Å². The molecular formula is C16H21N3O2S. The Morgan fingerprint density at radius 3 is 2.55 bits per heavy atom. The summed E-state index contributed by atoms with van der Waals surface area (Å²) in [5.41, 5.74) is 1.84. The molecule has 0 fully saturated rings. The van der Waals surface area contributed by atoms with Gasteiger partial charge in [0.1, 0.15) is 0 Å². The van der Waals surface area contributed by atoms with Crippen LogP contribution in [0.1, 0.15) is 38.0 Å². The number of hydrogen-bond acceptors (Lipinski definition) is 5. The lowest BCUT2D eigenvalue weighted by molar-refractivity contribution is -0.113. The van der Waals surface area contributed by atoms with Crippen LogP contribution >= 0.6 is 11.8 Å². The van der Waals surface area contributed by atoms with Gasteiger partial charge in [-0.2, -0.15) is 4.98 Å². The fourth-order valence-corrected chi connectivity index (χ4v) is 2.33. The van der Waals surface area contributed by atoms with Crippen LogP contribution in [0.25, 0.3) is 0 Å². The molecule has 0 radical (unpaired) electrons. The van der Waals surface area contributed by atoms with Gasteiger partial charge in [-0.3, -0.25) is 4.79 Å². The van der Waals surface area contributed by atoms with Crippen LogP contribution in [0.2, 0.25) is 0 Å². The lowest BCUT2D eigenvalue weighted by atomic mass is 9.96. The second-order valence-electron chi connectivity index (χ2n) is 6.17. The van der Waals surface area contributed by atoms with Crippen LogP contribution in [0.4, 0.5) is 5.69 Å². The molecule has 0 aliphatic rings. The maximum atomic E-state index is 11.9. The average Bonchev–Trinajstić information content (AvgIpc) is 2.90. The van der Waals surface area contributed by atoms with E-state index in [0.717, 1.165) is 5.69 Å². The third-order valence-electron chi connectivity index (χ3n) is 2.93. The van der Waals surface area contributed by atoms with E-state index in [1.54, 1.807) is 0 Å². The molecule has 1 N–H and O–H groups in total. The molecule has 0 bridgehead atoms. The highest BCUT2D eigenvalue weighted by Gasteiger charge is 2.20. The van der Waals surface area contributed by atoms with Crippen molar-refractivity contribution in [3.63, 3.8) is 0 Å². The normalized spacial score (nSPS) is 11.5. The Balaban J connectivity index is 1.77. The predicted molar refractivity (Wildman–Crippen MR) is 89.0 cm³/mol. The second kappa shape index (κ2) is 6.96. The molecule has 1 aromatic heterocycles. The number of rotatable bonds is 5. The lowest BCUT2D eigenvalue weighted by Crippen LogP contribution is -2.14. The summed E-state index contributed by atoms with van der Waals surface area (Å²) in [4.78, 5) is 16.2. The molecule has 2 rings (SSSR count). The average molecular weight is 319 g/mol. The summed E-state index contributed by atoms with van der Waals surface area (Å²) < 4.78 is 5.19. The Hall–Kier alpha value is -1.82. The molecule has 0 saturated carbocycles. The van der Waals surface area contributed by atoms with Gasteiger partial charge in [0.25, 0.3) is 0 Å². The van der Waals surface area contributed by atoms with Gasteiger partial charge in [0, 0.05) is 11.1 Å². The molecule has 0 aliphatic carbocycles. The summed E-state index contributed by atoms with van der Waals surface area (Å²) in [6.07, 6.45) is 0. The summed E-state index contributed by atoms with van der Waals surface area (Å²) in [6.45, 7) is 8.11. The number of carbonyl (C=O) groups is 1. The first-order valence-corrected chi connectivity index (χ1v) is 8.27. The summed E-state index contributed by atoms with van der Waals surface area (Å²) in [5.74, 6) is 2.08. The Morgan fingerprint density at radius 1 is 1.27 bits per heavy atom. The monoisotopic (exact) mass is 319 g/mol. The number of anilines is 1.